The van der Waals surface area contributed by atoms with Crippen LogP contribution in [0.5, 0.6) is 0 Å². The number of benzene rings is 1. The zero-order valence-electron chi connectivity index (χ0n) is 12.1. The molecule has 0 spiro atoms. The van der Waals surface area contributed by atoms with Gasteiger partial charge in [0.2, 0.25) is 0 Å². The van der Waals surface area contributed by atoms with Crippen LogP contribution in [-0.4, -0.2) is 31.0 Å². The van der Waals surface area contributed by atoms with Crippen LogP contribution < -0.4 is 10.2 Å². The fourth-order valence-electron chi connectivity index (χ4n) is 3.01. The quantitative estimate of drug-likeness (QED) is 0.783. The van der Waals surface area contributed by atoms with Gasteiger partial charge in [-0.2, -0.15) is 0 Å². The summed E-state index contributed by atoms with van der Waals surface area (Å²) in [6.07, 6.45) is 3.76. The Hall–Kier alpha value is -1.35. The number of hydrogen-bond donors (Lipinski definition) is 1. The second kappa shape index (κ2) is 4.64. The minimum Gasteiger partial charge on any atom is -0.355 e. The van der Waals surface area contributed by atoms with Gasteiger partial charge in [-0.3, -0.25) is 10.3 Å². The van der Waals surface area contributed by atoms with Crippen LogP contribution in [0.4, 0.5) is 5.69 Å². The molecule has 0 unspecified atom stereocenters. The number of rotatable bonds is 1. The Labute approximate surface area is 115 Å². The van der Waals surface area contributed by atoms with Crippen molar-refractivity contribution in [2.75, 3.05) is 18.0 Å². The highest BCUT2D eigenvalue weighted by Gasteiger charge is 2.38. The molecule has 0 amide bonds. The summed E-state index contributed by atoms with van der Waals surface area (Å²) in [6.45, 7) is 8.70. The number of nitrogens with zero attached hydrogens (tertiary/aromatic N) is 2. The highest BCUT2D eigenvalue weighted by molar-refractivity contribution is 5.79. The lowest BCUT2D eigenvalue weighted by atomic mass is 9.99. The van der Waals surface area contributed by atoms with E-state index in [4.69, 9.17) is 4.99 Å². The van der Waals surface area contributed by atoms with Gasteiger partial charge in [-0.15, -0.1) is 0 Å². The van der Waals surface area contributed by atoms with Gasteiger partial charge in [0, 0.05) is 18.4 Å². The van der Waals surface area contributed by atoms with Crippen molar-refractivity contribution in [3.8, 4) is 0 Å². The summed E-state index contributed by atoms with van der Waals surface area (Å²) in [7, 11) is 0. The normalized spacial score (nSPS) is 26.6. The van der Waals surface area contributed by atoms with Crippen molar-refractivity contribution < 1.29 is 0 Å². The first kappa shape index (κ1) is 12.7. The number of fused-ring (bicyclic) bond motifs is 3. The molecular formula is C16H23N3. The molecule has 19 heavy (non-hydrogen) atoms. The van der Waals surface area contributed by atoms with E-state index >= 15 is 0 Å². The van der Waals surface area contributed by atoms with E-state index in [2.05, 4.69) is 61.5 Å². The van der Waals surface area contributed by atoms with Gasteiger partial charge in [-0.1, -0.05) is 18.2 Å². The molecule has 0 radical (unpaired) electrons. The number of para-hydroxylation sites is 1. The van der Waals surface area contributed by atoms with E-state index in [1.54, 1.807) is 0 Å². The molecule has 2 atom stereocenters. The molecular weight excluding hydrogens is 234 g/mol. The Morgan fingerprint density at radius 3 is 2.89 bits per heavy atom. The molecule has 1 aromatic carbocycles. The van der Waals surface area contributed by atoms with Gasteiger partial charge < -0.3 is 4.90 Å². The lowest BCUT2D eigenvalue weighted by Crippen LogP contribution is -2.51. The first-order chi connectivity index (χ1) is 9.06. The Bertz CT molecular complexity index is 487. The van der Waals surface area contributed by atoms with Gasteiger partial charge in [0.15, 0.2) is 0 Å². The van der Waals surface area contributed by atoms with Gasteiger partial charge in [0.25, 0.3) is 0 Å². The zero-order valence-corrected chi connectivity index (χ0v) is 12.1. The molecule has 2 aliphatic heterocycles. The standard InChI is InChI=1S/C16H23N3/c1-16(2,3)18-11-13-12-7-4-5-8-14(12)19-10-6-9-17-15(13)19/h4-5,7-8,11,13,15,17H,6,9-10H2,1-3H3/t13-,15-/m0/s1. The predicted molar refractivity (Wildman–Crippen MR) is 81.2 cm³/mol. The summed E-state index contributed by atoms with van der Waals surface area (Å²) in [5, 5.41) is 3.65. The van der Waals surface area contributed by atoms with E-state index in [9.17, 15) is 0 Å². The number of anilines is 1. The molecule has 3 nitrogen and oxygen atoms in total. The van der Waals surface area contributed by atoms with Crippen molar-refractivity contribution in [1.29, 1.82) is 0 Å². The smallest absolute Gasteiger partial charge is 0.0916 e. The molecule has 3 rings (SSSR count). The highest BCUT2D eigenvalue weighted by Crippen LogP contribution is 2.40. The topological polar surface area (TPSA) is 27.6 Å². The minimum atomic E-state index is -0.00295. The van der Waals surface area contributed by atoms with Crippen LogP contribution in [0, 0.1) is 0 Å². The fourth-order valence-corrected chi connectivity index (χ4v) is 3.01. The summed E-state index contributed by atoms with van der Waals surface area (Å²) in [4.78, 5) is 7.23. The molecule has 0 bridgehead atoms. The molecule has 2 heterocycles. The lowest BCUT2D eigenvalue weighted by molar-refractivity contribution is 0.430. The SMILES string of the molecule is CC(C)(C)N=C[C@H]1c2ccccc2N2CCCN[C@H]12. The third-order valence-electron chi connectivity index (χ3n) is 3.83. The maximum Gasteiger partial charge on any atom is 0.0916 e. The molecule has 0 aromatic heterocycles. The van der Waals surface area contributed by atoms with Crippen LogP contribution in [0.15, 0.2) is 29.3 Å². The van der Waals surface area contributed by atoms with Crippen LogP contribution in [0.25, 0.3) is 0 Å². The summed E-state index contributed by atoms with van der Waals surface area (Å²) < 4.78 is 0. The van der Waals surface area contributed by atoms with E-state index in [1.165, 1.54) is 17.7 Å². The number of hydrogen-bond acceptors (Lipinski definition) is 3. The van der Waals surface area contributed by atoms with Gasteiger partial charge in [-0.05, 0) is 45.4 Å². The highest BCUT2D eigenvalue weighted by atomic mass is 15.3. The average Bonchev–Trinajstić information content (AvgIpc) is 2.70. The van der Waals surface area contributed by atoms with E-state index in [-0.39, 0.29) is 5.54 Å². The Morgan fingerprint density at radius 2 is 2.11 bits per heavy atom. The van der Waals surface area contributed by atoms with Crippen LogP contribution in [0.2, 0.25) is 0 Å². The van der Waals surface area contributed by atoms with Gasteiger partial charge in [0.1, 0.15) is 0 Å². The van der Waals surface area contributed by atoms with Gasteiger partial charge in [0.05, 0.1) is 17.6 Å². The maximum absolute atomic E-state index is 4.74. The number of nitrogens with one attached hydrogen (secondary N) is 1. The Balaban J connectivity index is 1.96. The molecule has 2 aliphatic rings. The average molecular weight is 257 g/mol. The molecule has 1 N–H and O–H groups in total. The molecule has 0 aliphatic carbocycles. The number of aliphatic imine (C=N–C) groups is 1. The first-order valence-corrected chi connectivity index (χ1v) is 7.20. The molecule has 3 heteroatoms. The largest absolute Gasteiger partial charge is 0.355 e. The van der Waals surface area contributed by atoms with Gasteiger partial charge in [-0.25, -0.2) is 0 Å². The van der Waals surface area contributed by atoms with Crippen LogP contribution in [0.3, 0.4) is 0 Å². The minimum absolute atomic E-state index is 0.00295. The predicted octanol–water partition coefficient (Wildman–Crippen LogP) is 2.78. The van der Waals surface area contributed by atoms with E-state index in [0.717, 1.165) is 13.1 Å². The molecule has 0 saturated carbocycles. The Kier molecular flexibility index (Phi) is 3.09. The third kappa shape index (κ3) is 2.39. The van der Waals surface area contributed by atoms with Crippen LogP contribution >= 0.6 is 0 Å². The van der Waals surface area contributed by atoms with E-state index in [0.29, 0.717) is 12.1 Å². The second-order valence-corrected chi connectivity index (χ2v) is 6.48. The molecule has 1 aromatic rings. The lowest BCUT2D eigenvalue weighted by Gasteiger charge is -2.34. The molecule has 1 fully saturated rings. The fraction of sp³-hybridized carbons (Fsp3) is 0.562. The summed E-state index contributed by atoms with van der Waals surface area (Å²) in [5.74, 6) is 0.371. The van der Waals surface area contributed by atoms with Crippen molar-refractivity contribution >= 4 is 11.9 Å². The second-order valence-electron chi connectivity index (χ2n) is 6.48. The van der Waals surface area contributed by atoms with Crippen molar-refractivity contribution in [3.63, 3.8) is 0 Å². The van der Waals surface area contributed by atoms with E-state index in [1.807, 2.05) is 0 Å². The Morgan fingerprint density at radius 1 is 1.32 bits per heavy atom. The summed E-state index contributed by atoms with van der Waals surface area (Å²) in [6, 6.07) is 8.75. The van der Waals surface area contributed by atoms with Crippen LogP contribution in [-0.2, 0) is 0 Å². The van der Waals surface area contributed by atoms with Crippen molar-refractivity contribution in [2.24, 2.45) is 4.99 Å². The molecule has 1 saturated heterocycles. The van der Waals surface area contributed by atoms with Crippen molar-refractivity contribution in [2.45, 2.75) is 44.8 Å². The first-order valence-electron chi connectivity index (χ1n) is 7.20. The maximum atomic E-state index is 4.74. The van der Waals surface area contributed by atoms with Gasteiger partial charge >= 0.3 is 0 Å². The summed E-state index contributed by atoms with van der Waals surface area (Å²) in [5.41, 5.74) is 2.79. The third-order valence-corrected chi connectivity index (χ3v) is 3.83. The van der Waals surface area contributed by atoms with Crippen molar-refractivity contribution in [3.05, 3.63) is 29.8 Å². The van der Waals surface area contributed by atoms with E-state index < -0.39 is 0 Å². The molecule has 102 valence electrons. The monoisotopic (exact) mass is 257 g/mol. The zero-order chi connectivity index (χ0) is 13.5. The summed E-state index contributed by atoms with van der Waals surface area (Å²) >= 11 is 0. The van der Waals surface area contributed by atoms with Crippen molar-refractivity contribution in [1.82, 2.24) is 5.32 Å². The van der Waals surface area contributed by atoms with Crippen LogP contribution in [0.1, 0.15) is 38.7 Å².